The highest BCUT2D eigenvalue weighted by Crippen LogP contribution is 2.07. The first-order chi connectivity index (χ1) is 9.79. The number of ketones is 1. The molecule has 0 atom stereocenters. The van der Waals surface area contributed by atoms with E-state index < -0.39 is 0 Å². The van der Waals surface area contributed by atoms with Crippen molar-refractivity contribution in [3.63, 3.8) is 0 Å². The van der Waals surface area contributed by atoms with Gasteiger partial charge < -0.3 is 0 Å². The van der Waals surface area contributed by atoms with Crippen molar-refractivity contribution < 1.29 is 4.79 Å². The Morgan fingerprint density at radius 2 is 1.60 bits per heavy atom. The van der Waals surface area contributed by atoms with Gasteiger partial charge in [0.2, 0.25) is 0 Å². The highest BCUT2D eigenvalue weighted by Gasteiger charge is 2.11. The lowest BCUT2D eigenvalue weighted by atomic mass is 10.1. The minimum absolute atomic E-state index is 0.0942. The number of Topliss-reactive ketones (excluding diaryl/α,β-unsaturated/α-hetero) is 1. The molecule has 0 aromatic heterocycles. The first kappa shape index (κ1) is 14.0. The number of hydrogen-bond donors (Lipinski definition) is 0. The van der Waals surface area contributed by atoms with Crippen LogP contribution in [0, 0.1) is 12.3 Å². The molecule has 2 aromatic carbocycles. The average molecular weight is 263 g/mol. The maximum atomic E-state index is 12.2. The lowest BCUT2D eigenvalue weighted by molar-refractivity contribution is 0.0935. The van der Waals surface area contributed by atoms with Gasteiger partial charge in [0.1, 0.15) is 0 Å². The van der Waals surface area contributed by atoms with Crippen molar-refractivity contribution in [1.82, 2.24) is 4.90 Å². The van der Waals surface area contributed by atoms with Crippen LogP contribution in [0.15, 0.2) is 60.7 Å². The molecule has 0 fully saturated rings. The minimum Gasteiger partial charge on any atom is -0.293 e. The van der Waals surface area contributed by atoms with E-state index in [1.165, 1.54) is 0 Å². The second-order valence-corrected chi connectivity index (χ2v) is 4.62. The number of carbonyl (C=O) groups is 1. The molecule has 0 saturated heterocycles. The molecule has 0 unspecified atom stereocenters. The van der Waals surface area contributed by atoms with Crippen LogP contribution in [0.1, 0.15) is 15.9 Å². The van der Waals surface area contributed by atoms with Crippen LogP contribution in [0.3, 0.4) is 0 Å². The van der Waals surface area contributed by atoms with Gasteiger partial charge in [-0.1, -0.05) is 66.6 Å². The third-order valence-corrected chi connectivity index (χ3v) is 3.03. The predicted molar refractivity (Wildman–Crippen MR) is 81.3 cm³/mol. The molecule has 20 heavy (non-hydrogen) atoms. The fraction of sp³-hybridized carbons (Fsp3) is 0.167. The van der Waals surface area contributed by atoms with E-state index in [1.54, 1.807) is 0 Å². The molecule has 0 aliphatic carbocycles. The highest BCUT2D eigenvalue weighted by atomic mass is 16.1. The fourth-order valence-electron chi connectivity index (χ4n) is 2.06. The third kappa shape index (κ3) is 4.08. The SMILES string of the molecule is C#CCN(CC(=O)c1ccccc1)Cc1ccccc1. The Hall–Kier alpha value is -2.37. The average Bonchev–Trinajstić information content (AvgIpc) is 2.49. The Labute approximate surface area is 120 Å². The summed E-state index contributed by atoms with van der Waals surface area (Å²) in [5.41, 5.74) is 1.88. The van der Waals surface area contributed by atoms with Crippen LogP contribution in [0.5, 0.6) is 0 Å². The molecule has 0 radical (unpaired) electrons. The van der Waals surface area contributed by atoms with Crippen LogP contribution in [0.2, 0.25) is 0 Å². The molecule has 0 aliphatic heterocycles. The van der Waals surface area contributed by atoms with E-state index in [4.69, 9.17) is 6.42 Å². The van der Waals surface area contributed by atoms with Crippen molar-refractivity contribution in [3.05, 3.63) is 71.8 Å². The van der Waals surface area contributed by atoms with Gasteiger partial charge >= 0.3 is 0 Å². The largest absolute Gasteiger partial charge is 0.293 e. The third-order valence-electron chi connectivity index (χ3n) is 3.03. The maximum absolute atomic E-state index is 12.2. The van der Waals surface area contributed by atoms with E-state index in [1.807, 2.05) is 65.6 Å². The zero-order chi connectivity index (χ0) is 14.2. The number of benzene rings is 2. The summed E-state index contributed by atoms with van der Waals surface area (Å²) in [7, 11) is 0. The van der Waals surface area contributed by atoms with Crippen LogP contribution in [0.4, 0.5) is 0 Å². The van der Waals surface area contributed by atoms with Crippen LogP contribution in [-0.2, 0) is 6.54 Å². The van der Waals surface area contributed by atoms with Crippen molar-refractivity contribution in [1.29, 1.82) is 0 Å². The predicted octanol–water partition coefficient (Wildman–Crippen LogP) is 3.00. The quantitative estimate of drug-likeness (QED) is 0.590. The number of hydrogen-bond acceptors (Lipinski definition) is 2. The van der Waals surface area contributed by atoms with Crippen molar-refractivity contribution in [2.45, 2.75) is 6.54 Å². The molecule has 2 nitrogen and oxygen atoms in total. The number of nitrogens with zero attached hydrogens (tertiary/aromatic N) is 1. The summed E-state index contributed by atoms with van der Waals surface area (Å²) in [6.45, 7) is 1.49. The van der Waals surface area contributed by atoms with Crippen molar-refractivity contribution in [2.24, 2.45) is 0 Å². The van der Waals surface area contributed by atoms with Gasteiger partial charge in [-0.05, 0) is 5.56 Å². The summed E-state index contributed by atoms with van der Waals surface area (Å²) in [5.74, 6) is 2.71. The molecular weight excluding hydrogens is 246 g/mol. The van der Waals surface area contributed by atoms with Gasteiger partial charge in [-0.2, -0.15) is 0 Å². The molecule has 100 valence electrons. The summed E-state index contributed by atoms with van der Waals surface area (Å²) in [4.78, 5) is 14.2. The van der Waals surface area contributed by atoms with Crippen molar-refractivity contribution in [2.75, 3.05) is 13.1 Å². The monoisotopic (exact) mass is 263 g/mol. The van der Waals surface area contributed by atoms with E-state index in [-0.39, 0.29) is 5.78 Å². The standard InChI is InChI=1S/C18H17NO/c1-2-13-19(14-16-9-5-3-6-10-16)15-18(20)17-11-7-4-8-12-17/h1,3-12H,13-15H2. The van der Waals surface area contributed by atoms with Gasteiger partial charge in [-0.3, -0.25) is 9.69 Å². The maximum Gasteiger partial charge on any atom is 0.176 e. The first-order valence-electron chi connectivity index (χ1n) is 6.57. The molecule has 0 bridgehead atoms. The van der Waals surface area contributed by atoms with Gasteiger partial charge in [0.05, 0.1) is 13.1 Å². The normalized spacial score (nSPS) is 10.2. The molecule has 2 rings (SSSR count). The van der Waals surface area contributed by atoms with Crippen LogP contribution < -0.4 is 0 Å². The molecule has 0 spiro atoms. The molecule has 0 aliphatic rings. The topological polar surface area (TPSA) is 20.3 Å². The highest BCUT2D eigenvalue weighted by molar-refractivity contribution is 5.97. The summed E-state index contributed by atoms with van der Waals surface area (Å²) in [5, 5.41) is 0. The minimum atomic E-state index is 0.0942. The van der Waals surface area contributed by atoms with Gasteiger partial charge in [-0.15, -0.1) is 6.42 Å². The molecule has 2 aromatic rings. The van der Waals surface area contributed by atoms with Gasteiger partial charge in [0.15, 0.2) is 5.78 Å². The van der Waals surface area contributed by atoms with E-state index in [9.17, 15) is 4.79 Å². The molecule has 0 heterocycles. The summed E-state index contributed by atoms with van der Waals surface area (Å²) >= 11 is 0. The molecular formula is C18H17NO. The Morgan fingerprint density at radius 1 is 1.00 bits per heavy atom. The summed E-state index contributed by atoms with van der Waals surface area (Å²) < 4.78 is 0. The van der Waals surface area contributed by atoms with E-state index >= 15 is 0 Å². The Bertz CT molecular complexity index is 584. The van der Waals surface area contributed by atoms with Crippen molar-refractivity contribution >= 4 is 5.78 Å². The van der Waals surface area contributed by atoms with Crippen LogP contribution >= 0.6 is 0 Å². The number of rotatable bonds is 6. The lowest BCUT2D eigenvalue weighted by Gasteiger charge is -2.19. The van der Waals surface area contributed by atoms with E-state index in [0.717, 1.165) is 11.1 Å². The number of terminal acetylenes is 1. The molecule has 0 saturated carbocycles. The zero-order valence-electron chi connectivity index (χ0n) is 11.3. The molecule has 2 heteroatoms. The van der Waals surface area contributed by atoms with Crippen LogP contribution in [0.25, 0.3) is 0 Å². The van der Waals surface area contributed by atoms with Crippen LogP contribution in [-0.4, -0.2) is 23.8 Å². The van der Waals surface area contributed by atoms with Gasteiger partial charge in [0, 0.05) is 12.1 Å². The first-order valence-corrected chi connectivity index (χ1v) is 6.57. The van der Waals surface area contributed by atoms with Crippen molar-refractivity contribution in [3.8, 4) is 12.3 Å². The fourth-order valence-corrected chi connectivity index (χ4v) is 2.06. The zero-order valence-corrected chi connectivity index (χ0v) is 11.3. The second kappa shape index (κ2) is 7.28. The Kier molecular flexibility index (Phi) is 5.11. The van der Waals surface area contributed by atoms with E-state index in [0.29, 0.717) is 19.6 Å². The molecule has 0 N–H and O–H groups in total. The van der Waals surface area contributed by atoms with Gasteiger partial charge in [0.25, 0.3) is 0 Å². The summed E-state index contributed by atoms with van der Waals surface area (Å²) in [6.07, 6.45) is 5.39. The second-order valence-electron chi connectivity index (χ2n) is 4.62. The van der Waals surface area contributed by atoms with Gasteiger partial charge in [-0.25, -0.2) is 0 Å². The molecule has 0 amide bonds. The lowest BCUT2D eigenvalue weighted by Crippen LogP contribution is -2.30. The van der Waals surface area contributed by atoms with E-state index in [2.05, 4.69) is 5.92 Å². The summed E-state index contributed by atoms with van der Waals surface area (Å²) in [6, 6.07) is 19.3. The Morgan fingerprint density at radius 3 is 2.20 bits per heavy atom. The number of carbonyl (C=O) groups excluding carboxylic acids is 1. The Balaban J connectivity index is 2.03. The smallest absolute Gasteiger partial charge is 0.176 e.